The van der Waals surface area contributed by atoms with Gasteiger partial charge >= 0.3 is 6.09 Å². The predicted octanol–water partition coefficient (Wildman–Crippen LogP) is 2.22. The van der Waals surface area contributed by atoms with Gasteiger partial charge in [-0.1, -0.05) is 6.92 Å². The lowest BCUT2D eigenvalue weighted by Crippen LogP contribution is -2.36. The highest BCUT2D eigenvalue weighted by molar-refractivity contribution is 5.83. The van der Waals surface area contributed by atoms with E-state index < -0.39 is 5.60 Å². The number of fused-ring (bicyclic) bond motifs is 1. The van der Waals surface area contributed by atoms with Crippen molar-refractivity contribution < 1.29 is 14.3 Å². The molecule has 4 nitrogen and oxygen atoms in total. The van der Waals surface area contributed by atoms with Crippen molar-refractivity contribution >= 4 is 11.9 Å². The predicted molar refractivity (Wildman–Crippen MR) is 63.6 cm³/mol. The van der Waals surface area contributed by atoms with Crippen LogP contribution in [0.5, 0.6) is 0 Å². The molecule has 1 aliphatic carbocycles. The largest absolute Gasteiger partial charge is 0.444 e. The van der Waals surface area contributed by atoms with Crippen LogP contribution in [0.4, 0.5) is 4.79 Å². The van der Waals surface area contributed by atoms with Gasteiger partial charge in [0.15, 0.2) is 0 Å². The molecule has 1 heterocycles. The van der Waals surface area contributed by atoms with Crippen molar-refractivity contribution in [1.29, 1.82) is 0 Å². The summed E-state index contributed by atoms with van der Waals surface area (Å²) in [6, 6.07) is 0. The smallest absolute Gasteiger partial charge is 0.410 e. The normalized spacial score (nSPS) is 32.8. The van der Waals surface area contributed by atoms with E-state index in [9.17, 15) is 9.59 Å². The number of carbonyl (C=O) groups excluding carboxylic acids is 2. The first kappa shape index (κ1) is 12.4. The molecule has 1 unspecified atom stereocenters. The van der Waals surface area contributed by atoms with Gasteiger partial charge in [0.2, 0.25) is 0 Å². The van der Waals surface area contributed by atoms with Crippen LogP contribution in [-0.2, 0) is 9.53 Å². The monoisotopic (exact) mass is 239 g/mol. The van der Waals surface area contributed by atoms with Gasteiger partial charge in [0, 0.05) is 25.9 Å². The quantitative estimate of drug-likeness (QED) is 0.651. The molecule has 0 aromatic carbocycles. The van der Waals surface area contributed by atoms with Crippen molar-refractivity contribution in [2.75, 3.05) is 13.1 Å². The number of carbonyl (C=O) groups is 2. The van der Waals surface area contributed by atoms with Gasteiger partial charge in [-0.15, -0.1) is 0 Å². The van der Waals surface area contributed by atoms with Crippen LogP contribution >= 0.6 is 0 Å². The molecule has 0 N–H and O–H groups in total. The zero-order chi connectivity index (χ0) is 12.8. The van der Waals surface area contributed by atoms with E-state index in [1.807, 2.05) is 20.8 Å². The van der Waals surface area contributed by atoms with Crippen molar-refractivity contribution in [3.8, 4) is 0 Å². The van der Waals surface area contributed by atoms with E-state index in [4.69, 9.17) is 4.74 Å². The molecule has 0 aromatic rings. The molecule has 4 heteroatoms. The summed E-state index contributed by atoms with van der Waals surface area (Å²) in [6.07, 6.45) is 0.979. The summed E-state index contributed by atoms with van der Waals surface area (Å²) in [5.74, 6) is 0.656. The Bertz CT molecular complexity index is 358. The number of hydrogen-bond donors (Lipinski definition) is 0. The summed E-state index contributed by atoms with van der Waals surface area (Å²) >= 11 is 0. The fourth-order valence-electron chi connectivity index (χ4n) is 2.89. The molecule has 96 valence electrons. The summed E-state index contributed by atoms with van der Waals surface area (Å²) < 4.78 is 5.36. The number of rotatable bonds is 0. The first-order chi connectivity index (χ1) is 7.70. The molecule has 2 aliphatic rings. The van der Waals surface area contributed by atoms with Crippen molar-refractivity contribution in [2.24, 2.45) is 11.3 Å². The first-order valence-electron chi connectivity index (χ1n) is 6.19. The number of likely N-dealkylation sites (tertiary alicyclic amines) is 1. The van der Waals surface area contributed by atoms with E-state index in [0.29, 0.717) is 37.6 Å². The Morgan fingerprint density at radius 3 is 2.65 bits per heavy atom. The Balaban J connectivity index is 2.00. The van der Waals surface area contributed by atoms with Crippen molar-refractivity contribution in [3.63, 3.8) is 0 Å². The highest BCUT2D eigenvalue weighted by atomic mass is 16.6. The Kier molecular flexibility index (Phi) is 2.71. The maximum atomic E-state index is 11.9. The molecular weight excluding hydrogens is 218 g/mol. The van der Waals surface area contributed by atoms with Crippen LogP contribution < -0.4 is 0 Å². The van der Waals surface area contributed by atoms with Crippen molar-refractivity contribution in [3.05, 3.63) is 0 Å². The minimum Gasteiger partial charge on any atom is -0.444 e. The summed E-state index contributed by atoms with van der Waals surface area (Å²) in [5.41, 5.74) is -0.473. The van der Waals surface area contributed by atoms with Crippen LogP contribution in [0.25, 0.3) is 0 Å². The summed E-state index contributed by atoms with van der Waals surface area (Å²) in [5, 5.41) is 0. The van der Waals surface area contributed by atoms with Gasteiger partial charge in [-0.05, 0) is 32.1 Å². The van der Waals surface area contributed by atoms with Gasteiger partial charge in [-0.25, -0.2) is 4.79 Å². The minimum atomic E-state index is -0.453. The molecular formula is C13H21NO3. The third-order valence-corrected chi connectivity index (χ3v) is 3.71. The lowest BCUT2D eigenvalue weighted by Gasteiger charge is -2.26. The topological polar surface area (TPSA) is 46.6 Å². The number of hydrogen-bond acceptors (Lipinski definition) is 3. The van der Waals surface area contributed by atoms with Gasteiger partial charge < -0.3 is 9.64 Å². The van der Waals surface area contributed by atoms with Crippen LogP contribution in [-0.4, -0.2) is 35.5 Å². The SMILES string of the molecule is CC(C)(C)OC(=O)N1CC2CC(=O)C[C@@]2(C)C1. The van der Waals surface area contributed by atoms with E-state index in [-0.39, 0.29) is 11.5 Å². The number of amides is 1. The molecule has 17 heavy (non-hydrogen) atoms. The lowest BCUT2D eigenvalue weighted by molar-refractivity contribution is -0.118. The minimum absolute atomic E-state index is 0.0199. The maximum Gasteiger partial charge on any atom is 0.410 e. The van der Waals surface area contributed by atoms with Gasteiger partial charge in [0.25, 0.3) is 0 Å². The van der Waals surface area contributed by atoms with Crippen LogP contribution in [0.2, 0.25) is 0 Å². The molecule has 1 saturated heterocycles. The van der Waals surface area contributed by atoms with E-state index in [1.54, 1.807) is 4.90 Å². The fraction of sp³-hybridized carbons (Fsp3) is 0.846. The average Bonchev–Trinajstić information content (AvgIpc) is 2.51. The van der Waals surface area contributed by atoms with Crippen LogP contribution in [0.1, 0.15) is 40.5 Å². The van der Waals surface area contributed by atoms with Crippen LogP contribution in [0, 0.1) is 11.3 Å². The zero-order valence-electron chi connectivity index (χ0n) is 11.1. The van der Waals surface area contributed by atoms with Gasteiger partial charge in [-0.2, -0.15) is 0 Å². The number of ether oxygens (including phenoxy) is 1. The maximum absolute atomic E-state index is 11.9. The second-order valence-electron chi connectivity index (χ2n) is 6.63. The fourth-order valence-corrected chi connectivity index (χ4v) is 2.89. The summed E-state index contributed by atoms with van der Waals surface area (Å²) in [7, 11) is 0. The van der Waals surface area contributed by atoms with Crippen LogP contribution in [0.3, 0.4) is 0 Å². The Morgan fingerprint density at radius 1 is 1.47 bits per heavy atom. The molecule has 2 rings (SSSR count). The molecule has 0 aromatic heterocycles. The van der Waals surface area contributed by atoms with E-state index in [0.717, 1.165) is 0 Å². The van der Waals surface area contributed by atoms with Gasteiger partial charge in [0.1, 0.15) is 11.4 Å². The van der Waals surface area contributed by atoms with Gasteiger partial charge in [0.05, 0.1) is 0 Å². The lowest BCUT2D eigenvalue weighted by atomic mass is 9.83. The van der Waals surface area contributed by atoms with Crippen LogP contribution in [0.15, 0.2) is 0 Å². The molecule has 0 bridgehead atoms. The average molecular weight is 239 g/mol. The van der Waals surface area contributed by atoms with E-state index in [1.165, 1.54) is 0 Å². The Labute approximate surface area is 102 Å². The highest BCUT2D eigenvalue weighted by Crippen LogP contribution is 2.46. The first-order valence-corrected chi connectivity index (χ1v) is 6.19. The number of nitrogens with zero attached hydrogens (tertiary/aromatic N) is 1. The van der Waals surface area contributed by atoms with Gasteiger partial charge in [-0.3, -0.25) is 4.79 Å². The number of ketones is 1. The molecule has 0 radical (unpaired) electrons. The molecule has 2 atom stereocenters. The molecule has 1 aliphatic heterocycles. The van der Waals surface area contributed by atoms with E-state index in [2.05, 4.69) is 6.92 Å². The standard InChI is InChI=1S/C13H21NO3/c1-12(2,3)17-11(16)14-7-9-5-10(15)6-13(9,4)8-14/h9H,5-8H2,1-4H3/t9?,13-/m0/s1. The number of Topliss-reactive ketones (excluding diaryl/α,β-unsaturated/α-hetero) is 1. The third-order valence-electron chi connectivity index (χ3n) is 3.71. The zero-order valence-corrected chi connectivity index (χ0v) is 11.1. The second kappa shape index (κ2) is 3.72. The highest BCUT2D eigenvalue weighted by Gasteiger charge is 2.51. The summed E-state index contributed by atoms with van der Waals surface area (Å²) in [6.45, 7) is 9.02. The third kappa shape index (κ3) is 2.45. The molecule has 1 saturated carbocycles. The Morgan fingerprint density at radius 2 is 2.12 bits per heavy atom. The molecule has 1 amide bonds. The van der Waals surface area contributed by atoms with Crippen molar-refractivity contribution in [1.82, 2.24) is 4.90 Å². The molecule has 2 fully saturated rings. The summed E-state index contributed by atoms with van der Waals surface area (Å²) in [4.78, 5) is 25.1. The van der Waals surface area contributed by atoms with E-state index >= 15 is 0 Å². The van der Waals surface area contributed by atoms with Crippen molar-refractivity contribution in [2.45, 2.75) is 46.1 Å². The second-order valence-corrected chi connectivity index (χ2v) is 6.63. The Hall–Kier alpha value is -1.06. The molecule has 0 spiro atoms.